The second-order valence-electron chi connectivity index (χ2n) is 5.63. The zero-order valence-electron chi connectivity index (χ0n) is 13.0. The summed E-state index contributed by atoms with van der Waals surface area (Å²) in [6.45, 7) is 8.12. The van der Waals surface area contributed by atoms with Gasteiger partial charge in [-0.2, -0.15) is 0 Å². The van der Waals surface area contributed by atoms with Crippen molar-refractivity contribution in [2.75, 3.05) is 19.7 Å². The zero-order chi connectivity index (χ0) is 15.7. The molecule has 7 heteroatoms. The molecule has 2 aromatic heterocycles. The maximum Gasteiger partial charge on any atom is 0.251 e. The predicted octanol–water partition coefficient (Wildman–Crippen LogP) is 1.98. The Kier molecular flexibility index (Phi) is 4.37. The number of morpholine rings is 1. The minimum atomic E-state index is -0.102. The predicted molar refractivity (Wildman–Crippen MR) is 85.1 cm³/mol. The Morgan fingerprint density at radius 3 is 2.91 bits per heavy atom. The number of aromatic amines is 1. The first-order valence-corrected chi connectivity index (χ1v) is 8.26. The molecular formula is C15H20N4O2S. The molecule has 3 rings (SSSR count). The summed E-state index contributed by atoms with van der Waals surface area (Å²) in [6.07, 6.45) is -0.00793. The lowest BCUT2D eigenvalue weighted by Crippen LogP contribution is -2.40. The number of H-pyrrole nitrogens is 1. The minimum Gasteiger partial charge on any atom is -0.368 e. The van der Waals surface area contributed by atoms with Crippen molar-refractivity contribution in [3.63, 3.8) is 0 Å². The lowest BCUT2D eigenvalue weighted by Gasteiger charge is -2.35. The van der Waals surface area contributed by atoms with Gasteiger partial charge in [0.2, 0.25) is 0 Å². The third-order valence-electron chi connectivity index (χ3n) is 3.84. The number of aryl methyl sites for hydroxylation is 2. The first kappa shape index (κ1) is 15.3. The van der Waals surface area contributed by atoms with E-state index in [0.29, 0.717) is 12.4 Å². The van der Waals surface area contributed by atoms with Crippen LogP contribution in [-0.2, 0) is 4.74 Å². The van der Waals surface area contributed by atoms with E-state index in [4.69, 9.17) is 4.74 Å². The van der Waals surface area contributed by atoms with Crippen molar-refractivity contribution >= 4 is 11.3 Å². The first-order chi connectivity index (χ1) is 10.5. The van der Waals surface area contributed by atoms with E-state index < -0.39 is 0 Å². The summed E-state index contributed by atoms with van der Waals surface area (Å²) in [7, 11) is 0. The molecule has 3 heterocycles. The molecule has 1 aliphatic rings. The molecule has 2 aromatic rings. The first-order valence-electron chi connectivity index (χ1n) is 7.38. The van der Waals surface area contributed by atoms with Crippen LogP contribution in [0.2, 0.25) is 0 Å². The van der Waals surface area contributed by atoms with Crippen molar-refractivity contribution in [1.29, 1.82) is 0 Å². The van der Waals surface area contributed by atoms with Crippen molar-refractivity contribution in [3.05, 3.63) is 44.0 Å². The lowest BCUT2D eigenvalue weighted by molar-refractivity contribution is -0.0443. The number of nitrogens with one attached hydrogen (secondary N) is 1. The zero-order valence-corrected chi connectivity index (χ0v) is 13.8. The molecule has 0 aliphatic carbocycles. The van der Waals surface area contributed by atoms with Crippen LogP contribution in [0.5, 0.6) is 0 Å². The Balaban J connectivity index is 1.77. The van der Waals surface area contributed by atoms with E-state index in [1.54, 1.807) is 11.3 Å². The highest BCUT2D eigenvalue weighted by molar-refractivity contribution is 7.09. The summed E-state index contributed by atoms with van der Waals surface area (Å²) in [4.78, 5) is 25.7. The Morgan fingerprint density at radius 2 is 2.23 bits per heavy atom. The van der Waals surface area contributed by atoms with Crippen molar-refractivity contribution in [2.24, 2.45) is 0 Å². The van der Waals surface area contributed by atoms with Crippen LogP contribution >= 0.6 is 11.3 Å². The third-order valence-corrected chi connectivity index (χ3v) is 4.90. The van der Waals surface area contributed by atoms with Gasteiger partial charge in [-0.05, 0) is 20.8 Å². The van der Waals surface area contributed by atoms with Gasteiger partial charge in [-0.15, -0.1) is 11.3 Å². The Hall–Kier alpha value is -1.57. The van der Waals surface area contributed by atoms with E-state index in [1.807, 2.05) is 19.2 Å². The van der Waals surface area contributed by atoms with Gasteiger partial charge in [0.15, 0.2) is 0 Å². The Labute approximate surface area is 133 Å². The van der Waals surface area contributed by atoms with Crippen molar-refractivity contribution in [1.82, 2.24) is 19.9 Å². The fourth-order valence-corrected chi connectivity index (χ4v) is 3.50. The fourth-order valence-electron chi connectivity index (χ4n) is 2.66. The summed E-state index contributed by atoms with van der Waals surface area (Å²) in [5, 5.41) is 3.06. The molecule has 0 spiro atoms. The van der Waals surface area contributed by atoms with E-state index in [-0.39, 0.29) is 17.7 Å². The number of hydrogen-bond acceptors (Lipinski definition) is 6. The second kappa shape index (κ2) is 6.28. The molecule has 1 saturated heterocycles. The molecule has 1 N–H and O–H groups in total. The topological polar surface area (TPSA) is 71.1 Å². The van der Waals surface area contributed by atoms with Crippen LogP contribution in [0, 0.1) is 13.8 Å². The maximum absolute atomic E-state index is 11.6. The molecule has 0 aromatic carbocycles. The molecule has 0 bridgehead atoms. The second-order valence-corrected chi connectivity index (χ2v) is 6.52. The maximum atomic E-state index is 11.6. The van der Waals surface area contributed by atoms with E-state index in [2.05, 4.69) is 26.8 Å². The molecule has 6 nitrogen and oxygen atoms in total. The van der Waals surface area contributed by atoms with Crippen LogP contribution in [0.4, 0.5) is 0 Å². The number of rotatable bonds is 3. The largest absolute Gasteiger partial charge is 0.368 e. The monoisotopic (exact) mass is 320 g/mol. The van der Waals surface area contributed by atoms with Gasteiger partial charge in [0.05, 0.1) is 12.6 Å². The number of aromatic nitrogens is 3. The summed E-state index contributed by atoms with van der Waals surface area (Å²) in [5.41, 5.74) is 1.67. The van der Waals surface area contributed by atoms with Gasteiger partial charge in [-0.1, -0.05) is 0 Å². The number of ether oxygens (including phenoxy) is 1. The quantitative estimate of drug-likeness (QED) is 0.936. The van der Waals surface area contributed by atoms with E-state index in [0.717, 1.165) is 29.5 Å². The van der Waals surface area contributed by atoms with Crippen molar-refractivity contribution < 1.29 is 4.74 Å². The van der Waals surface area contributed by atoms with Crippen molar-refractivity contribution in [3.8, 4) is 0 Å². The molecule has 22 heavy (non-hydrogen) atoms. The van der Waals surface area contributed by atoms with Gasteiger partial charge in [0.1, 0.15) is 16.9 Å². The third kappa shape index (κ3) is 3.26. The molecule has 0 saturated carbocycles. The van der Waals surface area contributed by atoms with E-state index in [1.165, 1.54) is 6.07 Å². The summed E-state index contributed by atoms with van der Waals surface area (Å²) >= 11 is 1.63. The highest BCUT2D eigenvalue weighted by Gasteiger charge is 2.28. The van der Waals surface area contributed by atoms with Gasteiger partial charge in [-0.3, -0.25) is 9.69 Å². The Bertz CT molecular complexity index is 712. The van der Waals surface area contributed by atoms with Crippen LogP contribution in [0.3, 0.4) is 0 Å². The normalized spacial score (nSPS) is 21.0. The van der Waals surface area contributed by atoms with Crippen LogP contribution in [-0.4, -0.2) is 39.5 Å². The van der Waals surface area contributed by atoms with Gasteiger partial charge >= 0.3 is 0 Å². The van der Waals surface area contributed by atoms with Crippen LogP contribution < -0.4 is 5.56 Å². The molecule has 0 unspecified atom stereocenters. The number of hydrogen-bond donors (Lipinski definition) is 1. The minimum absolute atomic E-state index is 0.00793. The summed E-state index contributed by atoms with van der Waals surface area (Å²) in [5.74, 6) is 0.709. The van der Waals surface area contributed by atoms with Crippen LogP contribution in [0.25, 0.3) is 0 Å². The molecule has 1 aliphatic heterocycles. The van der Waals surface area contributed by atoms with Crippen molar-refractivity contribution in [2.45, 2.75) is 32.9 Å². The SMILES string of the molecule is Cc1cc(=O)[nH]c([C@@H](C)N2CCO[C@H](c3nc(C)cs3)C2)n1. The number of nitrogens with zero attached hydrogens (tertiary/aromatic N) is 3. The number of thiazole rings is 1. The van der Waals surface area contributed by atoms with E-state index >= 15 is 0 Å². The highest BCUT2D eigenvalue weighted by Crippen LogP contribution is 2.28. The van der Waals surface area contributed by atoms with Gasteiger partial charge in [-0.25, -0.2) is 9.97 Å². The van der Waals surface area contributed by atoms with Gasteiger partial charge < -0.3 is 9.72 Å². The van der Waals surface area contributed by atoms with Gasteiger partial charge in [0.25, 0.3) is 5.56 Å². The lowest BCUT2D eigenvalue weighted by atomic mass is 10.2. The van der Waals surface area contributed by atoms with Crippen LogP contribution in [0.1, 0.15) is 41.3 Å². The van der Waals surface area contributed by atoms with Crippen LogP contribution in [0.15, 0.2) is 16.2 Å². The average molecular weight is 320 g/mol. The molecule has 1 fully saturated rings. The smallest absolute Gasteiger partial charge is 0.251 e. The molecule has 118 valence electrons. The standard InChI is InChI=1S/C15H20N4O2S/c1-9-6-13(20)18-14(16-9)11(3)19-4-5-21-12(7-19)15-17-10(2)8-22-15/h6,8,11-12H,4-5,7H2,1-3H3,(H,16,18,20)/t11-,12+/m1/s1. The fraction of sp³-hybridized carbons (Fsp3) is 0.533. The molecular weight excluding hydrogens is 300 g/mol. The summed E-state index contributed by atoms with van der Waals surface area (Å²) < 4.78 is 5.85. The van der Waals surface area contributed by atoms with Gasteiger partial charge in [0, 0.05) is 35.9 Å². The molecule has 0 radical (unpaired) electrons. The molecule has 0 amide bonds. The average Bonchev–Trinajstić information content (AvgIpc) is 2.92. The van der Waals surface area contributed by atoms with E-state index in [9.17, 15) is 4.79 Å². The summed E-state index contributed by atoms with van der Waals surface area (Å²) in [6, 6.07) is 1.55. The highest BCUT2D eigenvalue weighted by atomic mass is 32.1. The molecule has 2 atom stereocenters. The Morgan fingerprint density at radius 1 is 1.41 bits per heavy atom.